The van der Waals surface area contributed by atoms with Gasteiger partial charge in [0.25, 0.3) is 5.91 Å². The molecule has 36 heavy (non-hydrogen) atoms. The van der Waals surface area contributed by atoms with Gasteiger partial charge in [0, 0.05) is 36.3 Å². The van der Waals surface area contributed by atoms with Gasteiger partial charge in [-0.25, -0.2) is 9.78 Å². The molecule has 9 heteroatoms. The Kier molecular flexibility index (Phi) is 7.57. The molecule has 190 valence electrons. The van der Waals surface area contributed by atoms with Crippen LogP contribution < -0.4 is 10.1 Å². The van der Waals surface area contributed by atoms with Gasteiger partial charge in [0.15, 0.2) is 0 Å². The van der Waals surface area contributed by atoms with Crippen molar-refractivity contribution in [1.29, 1.82) is 0 Å². The second kappa shape index (κ2) is 10.8. The van der Waals surface area contributed by atoms with Gasteiger partial charge < -0.3 is 24.7 Å². The van der Waals surface area contributed by atoms with Crippen LogP contribution >= 0.6 is 0 Å². The number of rotatable bonds is 7. The van der Waals surface area contributed by atoms with Crippen LogP contribution in [0.4, 0.5) is 10.5 Å². The number of hydrogen-bond acceptors (Lipinski definition) is 6. The first-order valence-corrected chi connectivity index (χ1v) is 12.3. The summed E-state index contributed by atoms with van der Waals surface area (Å²) in [4.78, 5) is 39.1. The number of ether oxygens (including phenoxy) is 2. The number of carbonyl (C=O) groups is 2. The number of pyridine rings is 2. The summed E-state index contributed by atoms with van der Waals surface area (Å²) in [6.45, 7) is 8.55. The molecule has 3 aromatic rings. The molecule has 0 saturated carbocycles. The lowest BCUT2D eigenvalue weighted by Gasteiger charge is -2.26. The van der Waals surface area contributed by atoms with E-state index in [1.807, 2.05) is 33.8 Å². The Labute approximate surface area is 211 Å². The summed E-state index contributed by atoms with van der Waals surface area (Å²) in [6.07, 6.45) is 7.50. The Morgan fingerprint density at radius 3 is 2.72 bits per heavy atom. The number of nitrogens with zero attached hydrogens (tertiary/aromatic N) is 3. The highest BCUT2D eigenvalue weighted by Crippen LogP contribution is 2.33. The van der Waals surface area contributed by atoms with Crippen LogP contribution in [0.5, 0.6) is 5.88 Å². The molecule has 0 fully saturated rings. The minimum absolute atomic E-state index is 0.225. The van der Waals surface area contributed by atoms with Gasteiger partial charge in [-0.05, 0) is 64.7 Å². The van der Waals surface area contributed by atoms with Crippen LogP contribution in [0.15, 0.2) is 42.9 Å². The summed E-state index contributed by atoms with van der Waals surface area (Å²) in [5.74, 6) is 0.180. The van der Waals surface area contributed by atoms with Gasteiger partial charge in [-0.1, -0.05) is 6.07 Å². The molecule has 0 aliphatic heterocycles. The number of H-pyrrole nitrogens is 1. The number of hydrogen-bond donors (Lipinski definition) is 2. The molecule has 0 bridgehead atoms. The maximum absolute atomic E-state index is 13.1. The van der Waals surface area contributed by atoms with Crippen molar-refractivity contribution in [3.63, 3.8) is 0 Å². The quantitative estimate of drug-likeness (QED) is 0.489. The third-order valence-corrected chi connectivity index (χ3v) is 5.85. The van der Waals surface area contributed by atoms with Crippen LogP contribution in [0, 0.1) is 0 Å². The molecular formula is C27H33N5O4. The number of carbonyl (C=O) groups excluding carboxylic acids is 2. The van der Waals surface area contributed by atoms with Gasteiger partial charge in [-0.15, -0.1) is 0 Å². The normalized spacial score (nSPS) is 12.7. The molecule has 0 radical (unpaired) electrons. The van der Waals surface area contributed by atoms with E-state index in [-0.39, 0.29) is 18.6 Å². The topological polar surface area (TPSA) is 109 Å². The Balaban J connectivity index is 1.36. The average molecular weight is 492 g/mol. The van der Waals surface area contributed by atoms with E-state index < -0.39 is 5.60 Å². The van der Waals surface area contributed by atoms with Crippen LogP contribution in [0.25, 0.3) is 11.3 Å². The van der Waals surface area contributed by atoms with Crippen molar-refractivity contribution in [3.8, 4) is 17.1 Å². The fraction of sp³-hybridized carbons (Fsp3) is 0.407. The molecule has 3 heterocycles. The zero-order valence-corrected chi connectivity index (χ0v) is 21.3. The summed E-state index contributed by atoms with van der Waals surface area (Å²) >= 11 is 0. The van der Waals surface area contributed by atoms with Gasteiger partial charge in [0.05, 0.1) is 29.7 Å². The number of amides is 2. The van der Waals surface area contributed by atoms with E-state index in [4.69, 9.17) is 9.47 Å². The first kappa shape index (κ1) is 25.2. The minimum Gasteiger partial charge on any atom is -0.476 e. The molecule has 1 aliphatic rings. The number of nitrogens with one attached hydrogen (secondary N) is 2. The van der Waals surface area contributed by atoms with E-state index in [0.29, 0.717) is 30.2 Å². The third kappa shape index (κ3) is 6.02. The van der Waals surface area contributed by atoms with E-state index in [0.717, 1.165) is 41.8 Å². The van der Waals surface area contributed by atoms with Gasteiger partial charge in [-0.3, -0.25) is 9.78 Å². The van der Waals surface area contributed by atoms with Crippen molar-refractivity contribution < 1.29 is 19.1 Å². The van der Waals surface area contributed by atoms with E-state index >= 15 is 0 Å². The number of fused-ring (bicyclic) bond motifs is 3. The third-order valence-electron chi connectivity index (χ3n) is 5.85. The SMILES string of the molecule is CCN(CCOc1ccc(NC(=O)c2c[nH]c3c2-c2ncccc2CCC3)cn1)C(=O)OC(C)(C)C. The van der Waals surface area contributed by atoms with E-state index in [9.17, 15) is 9.59 Å². The molecular weight excluding hydrogens is 458 g/mol. The number of likely N-dealkylation sites (N-methyl/N-ethyl adjacent to an activating group) is 1. The molecule has 9 nitrogen and oxygen atoms in total. The largest absolute Gasteiger partial charge is 0.476 e. The van der Waals surface area contributed by atoms with Crippen LogP contribution in [0.2, 0.25) is 0 Å². The molecule has 4 rings (SSSR count). The fourth-order valence-corrected chi connectivity index (χ4v) is 4.14. The lowest BCUT2D eigenvalue weighted by Crippen LogP contribution is -2.38. The van der Waals surface area contributed by atoms with Crippen LogP contribution in [0.3, 0.4) is 0 Å². The van der Waals surface area contributed by atoms with E-state index in [2.05, 4.69) is 26.3 Å². The predicted molar refractivity (Wildman–Crippen MR) is 137 cm³/mol. The highest BCUT2D eigenvalue weighted by atomic mass is 16.6. The Hall–Kier alpha value is -3.88. The summed E-state index contributed by atoms with van der Waals surface area (Å²) in [7, 11) is 0. The van der Waals surface area contributed by atoms with Crippen LogP contribution in [0.1, 0.15) is 55.7 Å². The van der Waals surface area contributed by atoms with Crippen molar-refractivity contribution in [2.24, 2.45) is 0 Å². The van der Waals surface area contributed by atoms with Gasteiger partial charge in [0.1, 0.15) is 12.2 Å². The highest BCUT2D eigenvalue weighted by molar-refractivity contribution is 6.09. The molecule has 0 unspecified atom stereocenters. The van der Waals surface area contributed by atoms with E-state index in [1.165, 1.54) is 0 Å². The molecule has 2 N–H and O–H groups in total. The van der Waals surface area contributed by atoms with Gasteiger partial charge in [0.2, 0.25) is 5.88 Å². The number of anilines is 1. The lowest BCUT2D eigenvalue weighted by molar-refractivity contribution is 0.0236. The Morgan fingerprint density at radius 2 is 2.00 bits per heavy atom. The predicted octanol–water partition coefficient (Wildman–Crippen LogP) is 4.85. The smallest absolute Gasteiger partial charge is 0.410 e. The first-order chi connectivity index (χ1) is 17.2. The van der Waals surface area contributed by atoms with Crippen molar-refractivity contribution in [2.45, 2.75) is 52.6 Å². The highest BCUT2D eigenvalue weighted by Gasteiger charge is 2.24. The molecule has 0 spiro atoms. The molecule has 2 amide bonds. The summed E-state index contributed by atoms with van der Waals surface area (Å²) in [6, 6.07) is 7.43. The number of aryl methyl sites for hydroxylation is 2. The molecule has 0 atom stereocenters. The Bertz CT molecular complexity index is 1210. The zero-order valence-electron chi connectivity index (χ0n) is 21.3. The van der Waals surface area contributed by atoms with Gasteiger partial charge in [-0.2, -0.15) is 0 Å². The van der Waals surface area contributed by atoms with Crippen molar-refractivity contribution in [3.05, 3.63) is 59.7 Å². The first-order valence-electron chi connectivity index (χ1n) is 12.3. The Morgan fingerprint density at radius 1 is 1.17 bits per heavy atom. The lowest BCUT2D eigenvalue weighted by atomic mass is 10.0. The van der Waals surface area contributed by atoms with Crippen molar-refractivity contribution >= 4 is 17.7 Å². The van der Waals surface area contributed by atoms with Gasteiger partial charge >= 0.3 is 6.09 Å². The summed E-state index contributed by atoms with van der Waals surface area (Å²) < 4.78 is 11.1. The molecule has 0 aromatic carbocycles. The monoisotopic (exact) mass is 491 g/mol. The minimum atomic E-state index is -0.550. The maximum Gasteiger partial charge on any atom is 0.410 e. The average Bonchev–Trinajstić information content (AvgIpc) is 3.17. The standard InChI is InChI=1S/C27H33N5O4/c1-5-32(26(34)36-27(2,3)4)14-15-35-22-12-11-19(16-30-22)31-25(33)20-17-29-21-10-6-8-18-9-7-13-28-24(18)23(20)21/h7,9,11-13,16-17,29H,5-6,8,10,14-15H2,1-4H3,(H,31,33). The number of aromatic nitrogens is 3. The molecule has 3 aromatic heterocycles. The fourth-order valence-electron chi connectivity index (χ4n) is 4.14. The van der Waals surface area contributed by atoms with E-state index in [1.54, 1.807) is 35.6 Å². The second-order valence-electron chi connectivity index (χ2n) is 9.67. The van der Waals surface area contributed by atoms with Crippen LogP contribution in [-0.4, -0.2) is 57.1 Å². The summed E-state index contributed by atoms with van der Waals surface area (Å²) in [5, 5.41) is 2.92. The zero-order chi connectivity index (χ0) is 25.7. The molecule has 1 aliphatic carbocycles. The van der Waals surface area contributed by atoms with Crippen molar-refractivity contribution in [2.75, 3.05) is 25.0 Å². The van der Waals surface area contributed by atoms with Crippen LogP contribution in [-0.2, 0) is 17.6 Å². The maximum atomic E-state index is 13.1. The summed E-state index contributed by atoms with van der Waals surface area (Å²) in [5.41, 5.74) is 4.50. The molecule has 0 saturated heterocycles. The van der Waals surface area contributed by atoms with Crippen molar-refractivity contribution in [1.82, 2.24) is 19.9 Å². The number of aromatic amines is 1. The second-order valence-corrected chi connectivity index (χ2v) is 9.67.